The number of anilines is 1. The number of para-hydroxylation sites is 1. The maximum atomic E-state index is 5.40. The second kappa shape index (κ2) is 5.09. The van der Waals surface area contributed by atoms with Crippen molar-refractivity contribution in [3.05, 3.63) is 24.3 Å². The summed E-state index contributed by atoms with van der Waals surface area (Å²) >= 11 is 6.54. The summed E-state index contributed by atoms with van der Waals surface area (Å²) in [6, 6.07) is 7.98. The van der Waals surface area contributed by atoms with Crippen molar-refractivity contribution in [2.45, 2.75) is 11.8 Å². The molecule has 0 aromatic heterocycles. The highest BCUT2D eigenvalue weighted by atomic mass is 32.2. The normalized spacial score (nSPS) is 9.62. The van der Waals surface area contributed by atoms with E-state index < -0.39 is 0 Å². The third-order valence-electron chi connectivity index (χ3n) is 1.44. The summed E-state index contributed by atoms with van der Waals surface area (Å²) < 4.78 is 0. The van der Waals surface area contributed by atoms with Crippen LogP contribution in [0.2, 0.25) is 0 Å². The van der Waals surface area contributed by atoms with Gasteiger partial charge in [-0.05, 0) is 30.1 Å². The molecule has 2 nitrogen and oxygen atoms in total. The van der Waals surface area contributed by atoms with E-state index in [2.05, 4.69) is 18.3 Å². The van der Waals surface area contributed by atoms with Crippen LogP contribution in [0, 0.1) is 0 Å². The Morgan fingerprint density at radius 1 is 1.54 bits per heavy atom. The first kappa shape index (κ1) is 10.3. The molecule has 1 rings (SSSR count). The van der Waals surface area contributed by atoms with Crippen LogP contribution >= 0.6 is 24.0 Å². The number of rotatable bonds is 3. The molecule has 0 heterocycles. The van der Waals surface area contributed by atoms with Gasteiger partial charge in [0.05, 0.1) is 5.69 Å². The fourth-order valence-corrected chi connectivity index (χ4v) is 1.85. The molecule has 0 atom stereocenters. The van der Waals surface area contributed by atoms with E-state index in [0.717, 1.165) is 11.4 Å². The minimum atomic E-state index is 0.309. The third-order valence-corrected chi connectivity index (χ3v) is 2.50. The zero-order chi connectivity index (χ0) is 9.68. The number of thioether (sulfide) groups is 1. The van der Waals surface area contributed by atoms with Crippen molar-refractivity contribution in [1.82, 2.24) is 0 Å². The third kappa shape index (κ3) is 3.24. The van der Waals surface area contributed by atoms with E-state index in [-0.39, 0.29) is 0 Å². The first-order valence-electron chi connectivity index (χ1n) is 4.02. The van der Waals surface area contributed by atoms with Gasteiger partial charge >= 0.3 is 0 Å². The average Bonchev–Trinajstić information content (AvgIpc) is 2.08. The Hall–Kier alpha value is -0.740. The van der Waals surface area contributed by atoms with Gasteiger partial charge in [0.15, 0.2) is 5.11 Å². The SMILES string of the molecule is CCSc1ccccc1NC(N)=S. The maximum absolute atomic E-state index is 5.40. The van der Waals surface area contributed by atoms with Gasteiger partial charge < -0.3 is 11.1 Å². The highest BCUT2D eigenvalue weighted by molar-refractivity contribution is 7.99. The van der Waals surface area contributed by atoms with Gasteiger partial charge in [-0.25, -0.2) is 0 Å². The van der Waals surface area contributed by atoms with Crippen LogP contribution < -0.4 is 11.1 Å². The van der Waals surface area contributed by atoms with Crippen LogP contribution in [0.15, 0.2) is 29.2 Å². The number of nitrogens with two attached hydrogens (primary N) is 1. The average molecular weight is 212 g/mol. The lowest BCUT2D eigenvalue weighted by Crippen LogP contribution is -2.19. The molecule has 3 N–H and O–H groups in total. The maximum Gasteiger partial charge on any atom is 0.168 e. The van der Waals surface area contributed by atoms with Crippen molar-refractivity contribution in [3.63, 3.8) is 0 Å². The molecule has 0 radical (unpaired) electrons. The smallest absolute Gasteiger partial charge is 0.168 e. The Morgan fingerprint density at radius 2 is 2.23 bits per heavy atom. The second-order valence-corrected chi connectivity index (χ2v) is 4.16. The summed E-state index contributed by atoms with van der Waals surface area (Å²) in [5.74, 6) is 1.04. The first-order valence-corrected chi connectivity index (χ1v) is 5.41. The van der Waals surface area contributed by atoms with Gasteiger partial charge in [0.25, 0.3) is 0 Å². The topological polar surface area (TPSA) is 38.0 Å². The van der Waals surface area contributed by atoms with Crippen LogP contribution in [0.5, 0.6) is 0 Å². The molecule has 0 amide bonds. The van der Waals surface area contributed by atoms with E-state index in [9.17, 15) is 0 Å². The number of thiocarbonyl (C=S) groups is 1. The summed E-state index contributed by atoms with van der Waals surface area (Å²) in [4.78, 5) is 1.18. The minimum Gasteiger partial charge on any atom is -0.376 e. The summed E-state index contributed by atoms with van der Waals surface area (Å²) in [5, 5.41) is 3.26. The fraction of sp³-hybridized carbons (Fsp3) is 0.222. The Kier molecular flexibility index (Phi) is 4.05. The second-order valence-electron chi connectivity index (χ2n) is 2.42. The monoisotopic (exact) mass is 212 g/mol. The van der Waals surface area contributed by atoms with E-state index in [1.165, 1.54) is 4.90 Å². The van der Waals surface area contributed by atoms with Crippen molar-refractivity contribution in [1.29, 1.82) is 0 Å². The Balaban J connectivity index is 2.84. The summed E-state index contributed by atoms with van der Waals surface area (Å²) in [6.07, 6.45) is 0. The quantitative estimate of drug-likeness (QED) is 0.596. The van der Waals surface area contributed by atoms with Gasteiger partial charge in [-0.3, -0.25) is 0 Å². The van der Waals surface area contributed by atoms with E-state index in [1.807, 2.05) is 18.2 Å². The number of hydrogen-bond donors (Lipinski definition) is 2. The molecule has 0 aliphatic heterocycles. The fourth-order valence-electron chi connectivity index (χ4n) is 0.984. The molecule has 0 aliphatic rings. The molecule has 1 aromatic carbocycles. The van der Waals surface area contributed by atoms with Crippen molar-refractivity contribution in [3.8, 4) is 0 Å². The summed E-state index contributed by atoms with van der Waals surface area (Å²) in [7, 11) is 0. The van der Waals surface area contributed by atoms with Gasteiger partial charge in [0.1, 0.15) is 0 Å². The van der Waals surface area contributed by atoms with Crippen molar-refractivity contribution in [2.24, 2.45) is 5.73 Å². The summed E-state index contributed by atoms with van der Waals surface area (Å²) in [5.41, 5.74) is 6.39. The van der Waals surface area contributed by atoms with Crippen molar-refractivity contribution in [2.75, 3.05) is 11.1 Å². The Morgan fingerprint density at radius 3 is 2.85 bits per heavy atom. The molecular weight excluding hydrogens is 200 g/mol. The number of hydrogen-bond acceptors (Lipinski definition) is 2. The molecule has 70 valence electrons. The van der Waals surface area contributed by atoms with E-state index >= 15 is 0 Å². The number of benzene rings is 1. The van der Waals surface area contributed by atoms with Crippen LogP contribution in [-0.2, 0) is 0 Å². The van der Waals surface area contributed by atoms with E-state index in [4.69, 9.17) is 18.0 Å². The highest BCUT2D eigenvalue weighted by Gasteiger charge is 2.00. The lowest BCUT2D eigenvalue weighted by Gasteiger charge is -2.08. The van der Waals surface area contributed by atoms with Gasteiger partial charge in [0, 0.05) is 4.90 Å². The van der Waals surface area contributed by atoms with Crippen molar-refractivity contribution < 1.29 is 0 Å². The zero-order valence-corrected chi connectivity index (χ0v) is 9.04. The highest BCUT2D eigenvalue weighted by Crippen LogP contribution is 2.26. The standard InChI is InChI=1S/C9H12N2S2/c1-2-13-8-6-4-3-5-7(8)11-9(10)12/h3-6H,2H2,1H3,(H3,10,11,12). The molecule has 0 saturated heterocycles. The van der Waals surface area contributed by atoms with Crippen LogP contribution in [0.4, 0.5) is 5.69 Å². The molecule has 0 unspecified atom stereocenters. The Labute approximate surface area is 87.9 Å². The van der Waals surface area contributed by atoms with Crippen LogP contribution in [-0.4, -0.2) is 10.9 Å². The van der Waals surface area contributed by atoms with Crippen LogP contribution in [0.3, 0.4) is 0 Å². The predicted molar refractivity (Wildman–Crippen MR) is 63.2 cm³/mol. The minimum absolute atomic E-state index is 0.309. The Bertz CT molecular complexity index is 299. The molecule has 0 bridgehead atoms. The van der Waals surface area contributed by atoms with E-state index in [0.29, 0.717) is 5.11 Å². The van der Waals surface area contributed by atoms with Crippen molar-refractivity contribution >= 4 is 34.8 Å². The van der Waals surface area contributed by atoms with Gasteiger partial charge in [-0.1, -0.05) is 19.1 Å². The van der Waals surface area contributed by atoms with Gasteiger partial charge in [0.2, 0.25) is 0 Å². The van der Waals surface area contributed by atoms with E-state index in [1.54, 1.807) is 11.8 Å². The molecule has 0 saturated carbocycles. The van der Waals surface area contributed by atoms with Crippen LogP contribution in [0.25, 0.3) is 0 Å². The molecule has 0 fully saturated rings. The molecule has 1 aromatic rings. The predicted octanol–water partition coefficient (Wildman–Crippen LogP) is 2.45. The largest absolute Gasteiger partial charge is 0.376 e. The van der Waals surface area contributed by atoms with Gasteiger partial charge in [-0.15, -0.1) is 11.8 Å². The zero-order valence-electron chi connectivity index (χ0n) is 7.41. The molecule has 0 aliphatic carbocycles. The van der Waals surface area contributed by atoms with Gasteiger partial charge in [-0.2, -0.15) is 0 Å². The lowest BCUT2D eigenvalue weighted by molar-refractivity contribution is 1.41. The molecular formula is C9H12N2S2. The number of nitrogens with one attached hydrogen (secondary N) is 1. The molecule has 13 heavy (non-hydrogen) atoms. The summed E-state index contributed by atoms with van der Waals surface area (Å²) in [6.45, 7) is 2.11. The molecule has 4 heteroatoms. The van der Waals surface area contributed by atoms with Crippen LogP contribution in [0.1, 0.15) is 6.92 Å². The lowest BCUT2D eigenvalue weighted by atomic mass is 10.3. The molecule has 0 spiro atoms. The first-order chi connectivity index (χ1) is 6.24.